The van der Waals surface area contributed by atoms with Crippen LogP contribution in [0.2, 0.25) is 0 Å². The van der Waals surface area contributed by atoms with E-state index in [-0.39, 0.29) is 118 Å². The molecule has 14 heterocycles. The maximum absolute atomic E-state index is 12.2. The molecule has 0 aliphatic heterocycles. The normalized spacial score (nSPS) is 9.47. The van der Waals surface area contributed by atoms with Crippen LogP contribution in [0.15, 0.2) is 201 Å². The monoisotopic (exact) mass is 2320 g/mol. The molecule has 0 saturated carbocycles. The topological polar surface area (TPSA) is 307 Å². The second kappa shape index (κ2) is 53.1. The van der Waals surface area contributed by atoms with Crippen LogP contribution >= 0.6 is 18.8 Å². The first-order valence-electron chi connectivity index (χ1n) is 26.8. The molecule has 544 valence electrons. The molecule has 14 rings (SSSR count). The van der Waals surface area contributed by atoms with Gasteiger partial charge in [-0.15, -0.1) is 11.4 Å². The van der Waals surface area contributed by atoms with Crippen LogP contribution < -0.4 is 45.9 Å². The fourth-order valence-electron chi connectivity index (χ4n) is 6.65. The van der Waals surface area contributed by atoms with Gasteiger partial charge in [-0.2, -0.15) is 38.7 Å². The van der Waals surface area contributed by atoms with Gasteiger partial charge < -0.3 is 91.8 Å². The Morgan fingerprint density at radius 2 is 0.540 bits per heavy atom. The second-order valence-corrected chi connectivity index (χ2v) is 21.4. The summed E-state index contributed by atoms with van der Waals surface area (Å²) < 4.78 is 73.2. The molecule has 0 fully saturated rings. The predicted octanol–water partition coefficient (Wildman–Crippen LogP) is 13.1. The van der Waals surface area contributed by atoms with Crippen LogP contribution in [-0.4, -0.2) is 70.8 Å². The van der Waals surface area contributed by atoms with E-state index in [9.17, 15) is 26.3 Å². The number of aryl methyl sites for hydroxylation is 7. The molecule has 0 radical (unpaired) electrons. The number of aromatic nitrogens is 23. The van der Waals surface area contributed by atoms with Crippen molar-refractivity contribution in [2.24, 2.45) is 0 Å². The van der Waals surface area contributed by atoms with Gasteiger partial charge in [0.1, 0.15) is 11.4 Å². The van der Waals surface area contributed by atoms with Gasteiger partial charge in [0.2, 0.25) is 0 Å². The van der Waals surface area contributed by atoms with Crippen LogP contribution in [0, 0.1) is 48.5 Å². The largest absolute Gasteiger partial charge is 2.00 e. The molecule has 0 amide bonds. The van der Waals surface area contributed by atoms with Crippen LogP contribution in [-0.2, 0) is 113 Å². The van der Waals surface area contributed by atoms with E-state index in [1.165, 1.54) is 12.4 Å². The summed E-state index contributed by atoms with van der Waals surface area (Å²) in [6.07, 6.45) is 5.85. The number of pyridine rings is 5. The van der Waals surface area contributed by atoms with Crippen LogP contribution in [0.5, 0.6) is 0 Å². The number of nitrogens with zero attached hydrogens (tertiary/aromatic N) is 23. The third-order valence-electron chi connectivity index (χ3n) is 10.6. The smallest absolute Gasteiger partial charge is 0.582 e. The minimum atomic E-state index is -4.46. The van der Waals surface area contributed by atoms with Crippen molar-refractivity contribution in [3.8, 4) is 56.9 Å². The van der Waals surface area contributed by atoms with E-state index in [2.05, 4.69) is 117 Å². The second-order valence-electron chi connectivity index (χ2n) is 18.2. The Bertz CT molecular complexity index is 3740. The third kappa shape index (κ3) is 38.2. The van der Waals surface area contributed by atoms with Crippen LogP contribution in [0.4, 0.5) is 26.3 Å². The SMILES string of the molecule is C.C.C.Cc1cc(-c2ccccn2)[n-]n1.Cc1cc(-c2ccccn2)[n-]n1.Cc1cc(-c2ccccn2)[n-]n1.Cc1cc(C)[n-]n1.Cc1cc(C)[n-]n1.FC(F)(F)c1cc(-c2ccccn2)[n-]n1.FC(F)(F)c1cc(-c2ccccn2)[n-]n1.[Cl][Pt][Cl].[Pt+2].[Pt+2].[Pt+2].[Pt+2].c1cn[n-]c1.c1cn[n-]c1. The fraction of sp³-hybridized carbons (Fsp3) is 0.188. The summed E-state index contributed by atoms with van der Waals surface area (Å²) >= 11 is -0.472. The summed E-state index contributed by atoms with van der Waals surface area (Å²) in [7, 11) is 9.75. The van der Waals surface area contributed by atoms with Crippen molar-refractivity contribution in [3.05, 3.63) is 253 Å². The number of hydrogen-bond donors (Lipinski definition) is 0. The Morgan fingerprint density at radius 3 is 0.670 bits per heavy atom. The molecule has 14 aromatic rings. The van der Waals surface area contributed by atoms with Gasteiger partial charge in [-0.1, -0.05) is 137 Å². The van der Waals surface area contributed by atoms with Crippen molar-refractivity contribution in [2.75, 3.05) is 0 Å². The molecule has 0 N–H and O–H groups in total. The summed E-state index contributed by atoms with van der Waals surface area (Å²) in [5.74, 6) is 0. The fourth-order valence-corrected chi connectivity index (χ4v) is 6.65. The van der Waals surface area contributed by atoms with E-state index in [0.717, 1.165) is 86.2 Å². The van der Waals surface area contributed by atoms with Crippen molar-refractivity contribution in [2.45, 2.75) is 83.1 Å². The summed E-state index contributed by atoms with van der Waals surface area (Å²) in [6.45, 7) is 13.5. The Hall–Kier alpha value is -7.76. The Kier molecular flexibility index (Phi) is 51.2. The molecular weight excluding hydrogens is 2250 g/mol. The average Bonchev–Trinajstić information content (AvgIpc) is 1.70. The molecule has 14 aromatic heterocycles. The van der Waals surface area contributed by atoms with E-state index < -0.39 is 40.2 Å². The molecule has 0 spiro atoms. The van der Waals surface area contributed by atoms with Crippen molar-refractivity contribution in [3.63, 3.8) is 0 Å². The van der Waals surface area contributed by atoms with Gasteiger partial charge in [0.25, 0.3) is 0 Å². The standard InChI is InChI=1S/2C9H5F3N3.3C9H8N3.2C5H7N2.2C3H3N2.3CH4.2ClH.5Pt/c2*10-9(11,12)8-5-7(14-15-8)6-3-1-2-4-13-6;3*1-7-6-9(12-11-7)8-4-2-3-5-10-8;2*1-4-3-5(2)7-6-4;2*1-2-4-5-3-1;;;;;;;;;;/h2*1-5H;3*2-6H,1H3;2*3H,1-2H3;2*1-3H;3*1H4;2*1H;;;;;/q9*-1;;;;;;5*+2/p-2. The van der Waals surface area contributed by atoms with E-state index in [4.69, 9.17) is 18.8 Å². The van der Waals surface area contributed by atoms with Crippen molar-refractivity contribution in [1.29, 1.82) is 0 Å². The minimum Gasteiger partial charge on any atom is -0.582 e. The van der Waals surface area contributed by atoms with Gasteiger partial charge in [-0.05, 0) is 107 Å². The van der Waals surface area contributed by atoms with Gasteiger partial charge >= 0.3 is 132 Å². The maximum Gasteiger partial charge on any atom is 2.00 e. The van der Waals surface area contributed by atoms with Gasteiger partial charge in [0.05, 0.1) is 0 Å². The molecule has 100 heavy (non-hydrogen) atoms. The first-order valence-corrected chi connectivity index (χ1v) is 32.4. The molecule has 0 aliphatic carbocycles. The van der Waals surface area contributed by atoms with E-state index in [1.807, 2.05) is 133 Å². The average molecular weight is 2320 g/mol. The number of alkyl halides is 6. The molecule has 0 saturated heterocycles. The molecule has 0 aromatic carbocycles. The molecular formula is C64H66Cl2F6N23Pt5-. The predicted molar refractivity (Wildman–Crippen MR) is 349 cm³/mol. The van der Waals surface area contributed by atoms with E-state index in [0.29, 0.717) is 11.4 Å². The first kappa shape index (κ1) is 96.4. The van der Waals surface area contributed by atoms with Crippen molar-refractivity contribution >= 4 is 18.8 Å². The summed E-state index contributed by atoms with van der Waals surface area (Å²) in [5, 5.41) is 65.5. The number of rotatable bonds is 5. The van der Waals surface area contributed by atoms with Gasteiger partial charge in [0, 0.05) is 100 Å². The summed E-state index contributed by atoms with van der Waals surface area (Å²) in [4.78, 5) is 20.2. The molecule has 23 nitrogen and oxygen atoms in total. The molecule has 0 aliphatic rings. The molecule has 0 unspecified atom stereocenters. The number of halogens is 8. The van der Waals surface area contributed by atoms with E-state index in [1.54, 1.807) is 91.9 Å². The third-order valence-corrected chi connectivity index (χ3v) is 10.6. The van der Waals surface area contributed by atoms with Crippen molar-refractivity contribution < 1.29 is 127 Å². The summed E-state index contributed by atoms with van der Waals surface area (Å²) in [6, 6.07) is 42.0. The van der Waals surface area contributed by atoms with Crippen LogP contribution in [0.25, 0.3) is 56.9 Å². The van der Waals surface area contributed by atoms with Crippen LogP contribution in [0.1, 0.15) is 73.5 Å². The summed E-state index contributed by atoms with van der Waals surface area (Å²) in [5.41, 5.74) is 10.9. The van der Waals surface area contributed by atoms with E-state index >= 15 is 0 Å². The zero-order chi connectivity index (χ0) is 67.3. The van der Waals surface area contributed by atoms with Crippen LogP contribution in [0.3, 0.4) is 0 Å². The molecule has 0 bridgehead atoms. The van der Waals surface area contributed by atoms with Gasteiger partial charge in [-0.3, -0.25) is 24.9 Å². The zero-order valence-electron chi connectivity index (χ0n) is 51.4. The zero-order valence-corrected chi connectivity index (χ0v) is 64.3. The number of hydrogen-bond acceptors (Lipinski definition) is 14. The Morgan fingerprint density at radius 1 is 0.310 bits per heavy atom. The first-order chi connectivity index (χ1) is 44.7. The Labute approximate surface area is 649 Å². The molecule has 36 heteroatoms. The molecule has 0 atom stereocenters. The minimum absolute atomic E-state index is 0. The quantitative estimate of drug-likeness (QED) is 0.145. The maximum atomic E-state index is 12.2. The van der Waals surface area contributed by atoms with Gasteiger partial charge in [0.15, 0.2) is 0 Å². The van der Waals surface area contributed by atoms with Gasteiger partial charge in [-0.25, -0.2) is 0 Å². The van der Waals surface area contributed by atoms with Crippen molar-refractivity contribution in [1.82, 2.24) is 117 Å². The Balaban J connectivity index is -0.00000106.